The topological polar surface area (TPSA) is 70.4 Å². The standard InChI is InChI=1S/C22H26N4O2/c1-22(2)12-17-18(13-23)20(24-14-16-6-4-3-5-7-16)25-21(19(17)15-28-22)26-8-10-27-11-9-26/h3-7H,8-12,14-15H2,1-2H3,(H,24,25). The van der Waals surface area contributed by atoms with Gasteiger partial charge < -0.3 is 19.7 Å². The van der Waals surface area contributed by atoms with E-state index >= 15 is 0 Å². The maximum absolute atomic E-state index is 9.94. The lowest BCUT2D eigenvalue weighted by molar-refractivity contribution is -0.0401. The van der Waals surface area contributed by atoms with Gasteiger partial charge in [0.2, 0.25) is 0 Å². The van der Waals surface area contributed by atoms with Crippen molar-refractivity contribution >= 4 is 11.6 Å². The van der Waals surface area contributed by atoms with E-state index in [9.17, 15) is 5.26 Å². The van der Waals surface area contributed by atoms with Crippen LogP contribution in [0.4, 0.5) is 11.6 Å². The minimum atomic E-state index is -0.293. The van der Waals surface area contributed by atoms with Crippen LogP contribution in [-0.2, 0) is 29.0 Å². The van der Waals surface area contributed by atoms with Crippen molar-refractivity contribution in [3.63, 3.8) is 0 Å². The molecule has 0 spiro atoms. The highest BCUT2D eigenvalue weighted by molar-refractivity contribution is 5.67. The number of hydrogen-bond acceptors (Lipinski definition) is 6. The molecule has 146 valence electrons. The Balaban J connectivity index is 1.75. The van der Waals surface area contributed by atoms with Crippen LogP contribution in [0.2, 0.25) is 0 Å². The van der Waals surface area contributed by atoms with Crippen LogP contribution in [0.3, 0.4) is 0 Å². The van der Waals surface area contributed by atoms with Crippen LogP contribution < -0.4 is 10.2 Å². The van der Waals surface area contributed by atoms with Crippen molar-refractivity contribution in [3.05, 3.63) is 52.6 Å². The van der Waals surface area contributed by atoms with Crippen LogP contribution in [-0.4, -0.2) is 36.9 Å². The molecule has 0 atom stereocenters. The highest BCUT2D eigenvalue weighted by atomic mass is 16.5. The Labute approximate surface area is 166 Å². The second kappa shape index (κ2) is 7.78. The molecule has 0 bridgehead atoms. The van der Waals surface area contributed by atoms with Gasteiger partial charge in [-0.05, 0) is 25.0 Å². The number of nitriles is 1. The number of benzene rings is 1. The summed E-state index contributed by atoms with van der Waals surface area (Å²) in [6, 6.07) is 12.6. The lowest BCUT2D eigenvalue weighted by atomic mass is 9.89. The molecule has 0 amide bonds. The van der Waals surface area contributed by atoms with E-state index in [1.54, 1.807) is 0 Å². The molecule has 0 radical (unpaired) electrons. The summed E-state index contributed by atoms with van der Waals surface area (Å²) < 4.78 is 11.6. The van der Waals surface area contributed by atoms with Crippen molar-refractivity contribution < 1.29 is 9.47 Å². The highest BCUT2D eigenvalue weighted by Gasteiger charge is 2.33. The van der Waals surface area contributed by atoms with Gasteiger partial charge in [0.15, 0.2) is 0 Å². The van der Waals surface area contributed by atoms with Gasteiger partial charge in [0.25, 0.3) is 0 Å². The molecule has 4 rings (SSSR count). The van der Waals surface area contributed by atoms with E-state index in [2.05, 4.69) is 42.3 Å². The van der Waals surface area contributed by atoms with Gasteiger partial charge in [-0.25, -0.2) is 4.98 Å². The van der Waals surface area contributed by atoms with Gasteiger partial charge in [-0.15, -0.1) is 0 Å². The Morgan fingerprint density at radius 2 is 1.93 bits per heavy atom. The number of hydrogen-bond donors (Lipinski definition) is 1. The SMILES string of the molecule is CC1(C)Cc2c(C#N)c(NCc3ccccc3)nc(N3CCOCC3)c2CO1. The first-order valence-electron chi connectivity index (χ1n) is 9.78. The maximum atomic E-state index is 9.94. The van der Waals surface area contributed by atoms with Crippen molar-refractivity contribution in [2.45, 2.75) is 39.0 Å². The average Bonchev–Trinajstić information content (AvgIpc) is 2.72. The van der Waals surface area contributed by atoms with Crippen molar-refractivity contribution in [3.8, 4) is 6.07 Å². The van der Waals surface area contributed by atoms with Gasteiger partial charge in [0.05, 0.1) is 31.0 Å². The van der Waals surface area contributed by atoms with Gasteiger partial charge in [-0.1, -0.05) is 30.3 Å². The zero-order valence-corrected chi connectivity index (χ0v) is 16.5. The molecular weight excluding hydrogens is 352 g/mol. The number of nitrogens with zero attached hydrogens (tertiary/aromatic N) is 3. The summed E-state index contributed by atoms with van der Waals surface area (Å²) in [5.41, 5.74) is 3.61. The van der Waals surface area contributed by atoms with Crippen LogP contribution in [0.1, 0.15) is 36.1 Å². The number of ether oxygens (including phenoxy) is 2. The van der Waals surface area contributed by atoms with E-state index in [0.29, 0.717) is 44.2 Å². The second-order valence-electron chi connectivity index (χ2n) is 7.89. The molecule has 0 unspecified atom stereocenters. The first kappa shape index (κ1) is 18.7. The summed E-state index contributed by atoms with van der Waals surface area (Å²) >= 11 is 0. The molecule has 1 N–H and O–H groups in total. The third kappa shape index (κ3) is 3.82. The van der Waals surface area contributed by atoms with Crippen molar-refractivity contribution in [2.24, 2.45) is 0 Å². The normalized spacial score (nSPS) is 18.2. The Bertz CT molecular complexity index is 884. The number of rotatable bonds is 4. The van der Waals surface area contributed by atoms with Crippen molar-refractivity contribution in [2.75, 3.05) is 36.5 Å². The number of pyridine rings is 1. The quantitative estimate of drug-likeness (QED) is 0.881. The largest absolute Gasteiger partial charge is 0.378 e. The molecular formula is C22H26N4O2. The summed E-state index contributed by atoms with van der Waals surface area (Å²) in [4.78, 5) is 7.15. The van der Waals surface area contributed by atoms with E-state index < -0.39 is 0 Å². The third-order valence-electron chi connectivity index (χ3n) is 5.33. The lowest BCUT2D eigenvalue weighted by Gasteiger charge is -2.37. The van der Waals surface area contributed by atoms with Crippen LogP contribution in [0.5, 0.6) is 0 Å². The minimum Gasteiger partial charge on any atom is -0.378 e. The predicted octanol–water partition coefficient (Wildman–Crippen LogP) is 3.25. The van der Waals surface area contributed by atoms with Crippen molar-refractivity contribution in [1.29, 1.82) is 5.26 Å². The lowest BCUT2D eigenvalue weighted by Crippen LogP contribution is -2.40. The van der Waals surface area contributed by atoms with E-state index in [4.69, 9.17) is 14.5 Å². The molecule has 28 heavy (non-hydrogen) atoms. The van der Waals surface area contributed by atoms with Crippen LogP contribution in [0.25, 0.3) is 0 Å². The molecule has 0 saturated carbocycles. The first-order valence-corrected chi connectivity index (χ1v) is 9.78. The number of nitrogens with one attached hydrogen (secondary N) is 1. The highest BCUT2D eigenvalue weighted by Crippen LogP contribution is 2.37. The fourth-order valence-electron chi connectivity index (χ4n) is 3.82. The molecule has 1 fully saturated rings. The fourth-order valence-corrected chi connectivity index (χ4v) is 3.82. The molecule has 2 aliphatic heterocycles. The van der Waals surface area contributed by atoms with Gasteiger partial charge in [-0.3, -0.25) is 0 Å². The van der Waals surface area contributed by atoms with Crippen LogP contribution in [0, 0.1) is 11.3 Å². The van der Waals surface area contributed by atoms with Gasteiger partial charge in [0, 0.05) is 31.6 Å². The Morgan fingerprint density at radius 1 is 1.18 bits per heavy atom. The molecule has 2 aliphatic rings. The first-order chi connectivity index (χ1) is 13.6. The summed E-state index contributed by atoms with van der Waals surface area (Å²) in [7, 11) is 0. The van der Waals surface area contributed by atoms with Crippen LogP contribution >= 0.6 is 0 Å². The fraction of sp³-hybridized carbons (Fsp3) is 0.455. The molecule has 6 nitrogen and oxygen atoms in total. The van der Waals surface area contributed by atoms with Crippen LogP contribution in [0.15, 0.2) is 30.3 Å². The Hall–Kier alpha value is -2.62. The molecule has 0 aliphatic carbocycles. The van der Waals surface area contributed by atoms with Gasteiger partial charge in [0.1, 0.15) is 17.7 Å². The third-order valence-corrected chi connectivity index (χ3v) is 5.33. The maximum Gasteiger partial charge on any atom is 0.146 e. The number of aromatic nitrogens is 1. The summed E-state index contributed by atoms with van der Waals surface area (Å²) in [6.45, 7) is 8.23. The summed E-state index contributed by atoms with van der Waals surface area (Å²) in [5.74, 6) is 1.58. The second-order valence-corrected chi connectivity index (χ2v) is 7.89. The van der Waals surface area contributed by atoms with E-state index in [-0.39, 0.29) is 5.60 Å². The number of morpholine rings is 1. The minimum absolute atomic E-state index is 0.293. The molecule has 6 heteroatoms. The molecule has 1 aromatic carbocycles. The number of anilines is 2. The molecule has 2 aromatic rings. The zero-order valence-electron chi connectivity index (χ0n) is 16.5. The van der Waals surface area contributed by atoms with Gasteiger partial charge >= 0.3 is 0 Å². The average molecular weight is 378 g/mol. The Morgan fingerprint density at radius 3 is 2.64 bits per heavy atom. The summed E-state index contributed by atoms with van der Waals surface area (Å²) in [5, 5.41) is 13.3. The predicted molar refractivity (Wildman–Crippen MR) is 108 cm³/mol. The summed E-state index contributed by atoms with van der Waals surface area (Å²) in [6.07, 6.45) is 0.700. The smallest absolute Gasteiger partial charge is 0.146 e. The van der Waals surface area contributed by atoms with Gasteiger partial charge in [-0.2, -0.15) is 5.26 Å². The molecule has 3 heterocycles. The van der Waals surface area contributed by atoms with Crippen molar-refractivity contribution in [1.82, 2.24) is 4.98 Å². The van der Waals surface area contributed by atoms with E-state index in [1.807, 2.05) is 18.2 Å². The Kier molecular flexibility index (Phi) is 5.21. The monoisotopic (exact) mass is 378 g/mol. The van der Waals surface area contributed by atoms with E-state index in [0.717, 1.165) is 35.6 Å². The zero-order chi connectivity index (χ0) is 19.6. The number of fused-ring (bicyclic) bond motifs is 1. The van der Waals surface area contributed by atoms with E-state index in [1.165, 1.54) is 0 Å². The molecule has 1 saturated heterocycles. The molecule has 1 aromatic heterocycles.